The zero-order valence-corrected chi connectivity index (χ0v) is 15.1. The van der Waals surface area contributed by atoms with Crippen LogP contribution in [0.15, 0.2) is 0 Å². The second kappa shape index (κ2) is 11.3. The molecule has 1 aliphatic carbocycles. The maximum atomic E-state index is 12.0. The van der Waals surface area contributed by atoms with E-state index in [1.807, 2.05) is 0 Å². The van der Waals surface area contributed by atoms with Crippen LogP contribution in [0.25, 0.3) is 0 Å². The Morgan fingerprint density at radius 3 is 2.64 bits per heavy atom. The molecular weight excluding hydrogens is 296 g/mol. The fraction of sp³-hybridized carbons (Fsp3) is 0.944. The summed E-state index contributed by atoms with van der Waals surface area (Å²) in [7, 11) is 0. The molecule has 2 unspecified atom stereocenters. The standard InChI is InChI=1S/C18H34N2O.ClH/c1-15(17-10-6-11-19-14-17)13-18(21)20-12-5-9-16-7-3-2-4-8-16;/h15-17,19H,2-14H2,1H3,(H,20,21);1H. The van der Waals surface area contributed by atoms with Crippen LogP contribution >= 0.6 is 12.4 Å². The maximum absolute atomic E-state index is 12.0. The van der Waals surface area contributed by atoms with E-state index < -0.39 is 0 Å². The molecule has 0 radical (unpaired) electrons. The lowest BCUT2D eigenvalue weighted by atomic mass is 9.85. The first kappa shape index (κ1) is 19.8. The number of hydrogen-bond acceptors (Lipinski definition) is 2. The highest BCUT2D eigenvalue weighted by molar-refractivity contribution is 5.85. The van der Waals surface area contributed by atoms with Gasteiger partial charge in [0.25, 0.3) is 0 Å². The van der Waals surface area contributed by atoms with E-state index in [0.29, 0.717) is 18.3 Å². The van der Waals surface area contributed by atoms with Gasteiger partial charge in [-0.3, -0.25) is 4.79 Å². The topological polar surface area (TPSA) is 41.1 Å². The third-order valence-corrected chi connectivity index (χ3v) is 5.48. The van der Waals surface area contributed by atoms with Gasteiger partial charge >= 0.3 is 0 Å². The first-order valence-electron chi connectivity index (χ1n) is 9.23. The van der Waals surface area contributed by atoms with Crippen LogP contribution in [0, 0.1) is 17.8 Å². The zero-order chi connectivity index (χ0) is 14.9. The quantitative estimate of drug-likeness (QED) is 0.695. The summed E-state index contributed by atoms with van der Waals surface area (Å²) in [5, 5.41) is 6.58. The van der Waals surface area contributed by atoms with E-state index in [2.05, 4.69) is 17.6 Å². The first-order chi connectivity index (χ1) is 10.3. The van der Waals surface area contributed by atoms with E-state index >= 15 is 0 Å². The molecular formula is C18H35ClN2O. The van der Waals surface area contributed by atoms with E-state index in [0.717, 1.165) is 32.0 Å². The van der Waals surface area contributed by atoms with Gasteiger partial charge in [0.15, 0.2) is 0 Å². The second-order valence-electron chi connectivity index (χ2n) is 7.28. The first-order valence-corrected chi connectivity index (χ1v) is 9.23. The largest absolute Gasteiger partial charge is 0.356 e. The molecule has 2 atom stereocenters. The fourth-order valence-corrected chi connectivity index (χ4v) is 3.99. The number of carbonyl (C=O) groups excluding carboxylic acids is 1. The number of halogens is 1. The molecule has 1 amide bonds. The van der Waals surface area contributed by atoms with Crippen LogP contribution in [-0.2, 0) is 4.79 Å². The molecule has 2 N–H and O–H groups in total. The number of carbonyl (C=O) groups is 1. The minimum atomic E-state index is 0. The summed E-state index contributed by atoms with van der Waals surface area (Å²) in [5.74, 6) is 2.39. The fourth-order valence-electron chi connectivity index (χ4n) is 3.99. The number of amides is 1. The van der Waals surface area contributed by atoms with Crippen LogP contribution in [-0.4, -0.2) is 25.5 Å². The molecule has 0 aromatic carbocycles. The average Bonchev–Trinajstić information content (AvgIpc) is 2.53. The van der Waals surface area contributed by atoms with Gasteiger partial charge in [-0.05, 0) is 56.5 Å². The molecule has 0 aromatic heterocycles. The van der Waals surface area contributed by atoms with E-state index in [-0.39, 0.29) is 18.3 Å². The van der Waals surface area contributed by atoms with Gasteiger partial charge in [0, 0.05) is 13.0 Å². The number of hydrogen-bond donors (Lipinski definition) is 2. The van der Waals surface area contributed by atoms with Crippen molar-refractivity contribution in [3.05, 3.63) is 0 Å². The summed E-state index contributed by atoms with van der Waals surface area (Å²) in [4.78, 5) is 12.0. The lowest BCUT2D eigenvalue weighted by Crippen LogP contribution is -2.35. The van der Waals surface area contributed by atoms with Crippen molar-refractivity contribution >= 4 is 18.3 Å². The van der Waals surface area contributed by atoms with E-state index in [4.69, 9.17) is 0 Å². The van der Waals surface area contributed by atoms with E-state index in [1.54, 1.807) is 0 Å². The van der Waals surface area contributed by atoms with Crippen LogP contribution in [0.3, 0.4) is 0 Å². The molecule has 2 fully saturated rings. The van der Waals surface area contributed by atoms with Crippen molar-refractivity contribution in [1.29, 1.82) is 0 Å². The molecule has 0 spiro atoms. The monoisotopic (exact) mass is 330 g/mol. The van der Waals surface area contributed by atoms with Gasteiger partial charge in [-0.25, -0.2) is 0 Å². The average molecular weight is 331 g/mol. The zero-order valence-electron chi connectivity index (χ0n) is 14.2. The maximum Gasteiger partial charge on any atom is 0.220 e. The van der Waals surface area contributed by atoms with Crippen molar-refractivity contribution in [2.45, 2.75) is 71.1 Å². The highest BCUT2D eigenvalue weighted by Gasteiger charge is 2.21. The van der Waals surface area contributed by atoms with Crippen LogP contribution in [0.4, 0.5) is 0 Å². The lowest BCUT2D eigenvalue weighted by Gasteiger charge is -2.28. The molecule has 0 bridgehead atoms. The van der Waals surface area contributed by atoms with Gasteiger partial charge in [-0.2, -0.15) is 0 Å². The Bertz CT molecular complexity index is 299. The SMILES string of the molecule is CC(CC(=O)NCCCC1CCCCC1)C1CCCNC1.Cl. The van der Waals surface area contributed by atoms with Crippen LogP contribution in [0.1, 0.15) is 71.1 Å². The molecule has 1 saturated heterocycles. The highest BCUT2D eigenvalue weighted by atomic mass is 35.5. The Morgan fingerprint density at radius 2 is 1.95 bits per heavy atom. The van der Waals surface area contributed by atoms with Crippen molar-refractivity contribution in [2.75, 3.05) is 19.6 Å². The molecule has 4 heteroatoms. The summed E-state index contributed by atoms with van der Waals surface area (Å²) >= 11 is 0. The normalized spacial score (nSPS) is 24.3. The lowest BCUT2D eigenvalue weighted by molar-refractivity contribution is -0.122. The summed E-state index contributed by atoms with van der Waals surface area (Å²) < 4.78 is 0. The molecule has 1 aliphatic heterocycles. The number of nitrogens with one attached hydrogen (secondary N) is 2. The highest BCUT2D eigenvalue weighted by Crippen LogP contribution is 2.27. The molecule has 3 nitrogen and oxygen atoms in total. The predicted octanol–water partition coefficient (Wildman–Crippen LogP) is 3.91. The second-order valence-corrected chi connectivity index (χ2v) is 7.28. The molecule has 1 saturated carbocycles. The Hall–Kier alpha value is -0.280. The van der Waals surface area contributed by atoms with Gasteiger partial charge in [-0.1, -0.05) is 39.0 Å². The minimum Gasteiger partial charge on any atom is -0.356 e. The van der Waals surface area contributed by atoms with Gasteiger partial charge in [0.2, 0.25) is 5.91 Å². The van der Waals surface area contributed by atoms with Crippen molar-refractivity contribution in [3.8, 4) is 0 Å². The third kappa shape index (κ3) is 7.32. The Labute approximate surface area is 142 Å². The summed E-state index contributed by atoms with van der Waals surface area (Å²) in [6.07, 6.45) is 12.8. The number of piperidine rings is 1. The number of rotatable bonds is 7. The van der Waals surface area contributed by atoms with Crippen LogP contribution < -0.4 is 10.6 Å². The molecule has 0 aromatic rings. The van der Waals surface area contributed by atoms with Gasteiger partial charge < -0.3 is 10.6 Å². The molecule has 130 valence electrons. The van der Waals surface area contributed by atoms with Crippen LogP contribution in [0.2, 0.25) is 0 Å². The molecule has 22 heavy (non-hydrogen) atoms. The Kier molecular flexibility index (Phi) is 10.1. The predicted molar refractivity (Wildman–Crippen MR) is 95.4 cm³/mol. The van der Waals surface area contributed by atoms with Crippen LogP contribution in [0.5, 0.6) is 0 Å². The van der Waals surface area contributed by atoms with Gasteiger partial charge in [0.1, 0.15) is 0 Å². The van der Waals surface area contributed by atoms with Crippen molar-refractivity contribution in [2.24, 2.45) is 17.8 Å². The minimum absolute atomic E-state index is 0. The third-order valence-electron chi connectivity index (χ3n) is 5.48. The van der Waals surface area contributed by atoms with Crippen molar-refractivity contribution < 1.29 is 4.79 Å². The van der Waals surface area contributed by atoms with E-state index in [9.17, 15) is 4.79 Å². The smallest absolute Gasteiger partial charge is 0.220 e. The molecule has 2 aliphatic rings. The van der Waals surface area contributed by atoms with Crippen molar-refractivity contribution in [1.82, 2.24) is 10.6 Å². The van der Waals surface area contributed by atoms with Gasteiger partial charge in [0.05, 0.1) is 0 Å². The van der Waals surface area contributed by atoms with Gasteiger partial charge in [-0.15, -0.1) is 12.4 Å². The molecule has 1 heterocycles. The Morgan fingerprint density at radius 1 is 1.18 bits per heavy atom. The van der Waals surface area contributed by atoms with Crippen molar-refractivity contribution in [3.63, 3.8) is 0 Å². The summed E-state index contributed by atoms with van der Waals surface area (Å²) in [5.41, 5.74) is 0. The molecule has 2 rings (SSSR count). The summed E-state index contributed by atoms with van der Waals surface area (Å²) in [6.45, 7) is 5.36. The van der Waals surface area contributed by atoms with E-state index in [1.165, 1.54) is 51.4 Å². The Balaban J connectivity index is 0.00000242. The summed E-state index contributed by atoms with van der Waals surface area (Å²) in [6, 6.07) is 0.